The second-order valence-electron chi connectivity index (χ2n) is 7.76. The number of nitrogens with zero attached hydrogens (tertiary/aromatic N) is 4. The molecule has 9 nitrogen and oxygen atoms in total. The molecule has 0 radical (unpaired) electrons. The average Bonchev–Trinajstić information content (AvgIpc) is 3.13. The van der Waals surface area contributed by atoms with Crippen molar-refractivity contribution in [3.05, 3.63) is 51.4 Å². The second kappa shape index (κ2) is 9.09. The molecule has 1 aliphatic rings. The average molecular weight is 456 g/mol. The van der Waals surface area contributed by atoms with Crippen molar-refractivity contribution in [1.29, 1.82) is 0 Å². The molecule has 0 unspecified atom stereocenters. The quantitative estimate of drug-likeness (QED) is 0.630. The Morgan fingerprint density at radius 3 is 2.62 bits per heavy atom. The zero-order chi connectivity index (χ0) is 22.8. The number of benzene rings is 1. The molecule has 4 rings (SSSR count). The molecule has 0 atom stereocenters. The van der Waals surface area contributed by atoms with Gasteiger partial charge in [-0.25, -0.2) is 4.98 Å². The Morgan fingerprint density at radius 2 is 1.91 bits per heavy atom. The molecule has 168 valence electrons. The largest absolute Gasteiger partial charge is 0.495 e. The van der Waals surface area contributed by atoms with Gasteiger partial charge in [0.2, 0.25) is 5.91 Å². The number of aromatic nitrogens is 2. The van der Waals surface area contributed by atoms with Crippen molar-refractivity contribution in [3.8, 4) is 5.75 Å². The molecule has 1 N–H and O–H groups in total. The molecule has 1 aromatic carbocycles. The lowest BCUT2D eigenvalue weighted by Gasteiger charge is -2.32. The number of piperazine rings is 1. The summed E-state index contributed by atoms with van der Waals surface area (Å²) in [4.78, 5) is 48.1. The minimum atomic E-state index is -0.376. The van der Waals surface area contributed by atoms with Crippen molar-refractivity contribution in [2.75, 3.05) is 45.7 Å². The lowest BCUT2D eigenvalue weighted by Crippen LogP contribution is -2.47. The van der Waals surface area contributed by atoms with E-state index < -0.39 is 0 Å². The van der Waals surface area contributed by atoms with Gasteiger partial charge in [-0.05, 0) is 31.7 Å². The molecule has 2 amide bonds. The number of likely N-dealkylation sites (N-methyl/N-ethyl adjacent to an activating group) is 1. The molecule has 0 spiro atoms. The Hall–Kier alpha value is -3.24. The van der Waals surface area contributed by atoms with Gasteiger partial charge in [-0.2, -0.15) is 0 Å². The van der Waals surface area contributed by atoms with Crippen LogP contribution >= 0.6 is 11.3 Å². The number of thiophene rings is 1. The van der Waals surface area contributed by atoms with Gasteiger partial charge >= 0.3 is 0 Å². The van der Waals surface area contributed by atoms with Gasteiger partial charge in [-0.3, -0.25) is 19.0 Å². The van der Waals surface area contributed by atoms with Gasteiger partial charge < -0.3 is 19.9 Å². The Balaban J connectivity index is 1.57. The molecule has 2 aromatic heterocycles. The zero-order valence-corrected chi connectivity index (χ0v) is 19.1. The van der Waals surface area contributed by atoms with Crippen LogP contribution in [0.15, 0.2) is 35.4 Å². The van der Waals surface area contributed by atoms with E-state index in [0.717, 1.165) is 13.1 Å². The highest BCUT2D eigenvalue weighted by Gasteiger charge is 2.26. The lowest BCUT2D eigenvalue weighted by atomic mass is 10.2. The maximum Gasteiger partial charge on any atom is 0.264 e. The monoisotopic (exact) mass is 455 g/mol. The molecule has 32 heavy (non-hydrogen) atoms. The van der Waals surface area contributed by atoms with Crippen molar-refractivity contribution in [2.45, 2.75) is 13.5 Å². The molecule has 0 saturated carbocycles. The zero-order valence-electron chi connectivity index (χ0n) is 18.3. The lowest BCUT2D eigenvalue weighted by molar-refractivity contribution is -0.116. The van der Waals surface area contributed by atoms with E-state index in [9.17, 15) is 14.4 Å². The topological polar surface area (TPSA) is 96.8 Å². The van der Waals surface area contributed by atoms with Gasteiger partial charge in [0.1, 0.15) is 17.1 Å². The number of ether oxygens (including phenoxy) is 1. The maximum absolute atomic E-state index is 13.1. The van der Waals surface area contributed by atoms with Gasteiger partial charge in [0.05, 0.1) is 29.4 Å². The summed E-state index contributed by atoms with van der Waals surface area (Å²) in [5.74, 6) is 0.0837. The molecular weight excluding hydrogens is 430 g/mol. The SMILES string of the molecule is COc1ccccc1NC(=O)Cn1cnc2sc(C(=O)N3CCN(C)CC3)c(C)c2c1=O. The van der Waals surface area contributed by atoms with E-state index in [4.69, 9.17) is 4.74 Å². The molecule has 0 aliphatic carbocycles. The van der Waals surface area contributed by atoms with Gasteiger partial charge in [0, 0.05) is 26.2 Å². The van der Waals surface area contributed by atoms with E-state index >= 15 is 0 Å². The van der Waals surface area contributed by atoms with E-state index in [0.29, 0.717) is 45.2 Å². The number of fused-ring (bicyclic) bond motifs is 1. The summed E-state index contributed by atoms with van der Waals surface area (Å²) in [6, 6.07) is 7.05. The molecule has 1 aliphatic heterocycles. The second-order valence-corrected chi connectivity index (χ2v) is 8.76. The van der Waals surface area contributed by atoms with E-state index in [2.05, 4.69) is 15.2 Å². The molecule has 3 heterocycles. The summed E-state index contributed by atoms with van der Waals surface area (Å²) in [6.07, 6.45) is 1.35. The van der Waals surface area contributed by atoms with Crippen LogP contribution in [0, 0.1) is 6.92 Å². The van der Waals surface area contributed by atoms with Crippen LogP contribution in [0.5, 0.6) is 5.75 Å². The number of methoxy groups -OCH3 is 1. The molecule has 0 bridgehead atoms. The van der Waals surface area contributed by atoms with Gasteiger partial charge in [-0.1, -0.05) is 12.1 Å². The van der Waals surface area contributed by atoms with Gasteiger partial charge in [0.15, 0.2) is 0 Å². The third kappa shape index (κ3) is 4.23. The highest BCUT2D eigenvalue weighted by Crippen LogP contribution is 2.28. The van der Waals surface area contributed by atoms with E-state index in [1.807, 2.05) is 11.9 Å². The first-order valence-corrected chi connectivity index (χ1v) is 11.1. The fourth-order valence-corrected chi connectivity index (χ4v) is 4.83. The summed E-state index contributed by atoms with van der Waals surface area (Å²) in [7, 11) is 3.55. The van der Waals surface area contributed by atoms with E-state index in [-0.39, 0.29) is 23.9 Å². The minimum absolute atomic E-state index is 0.0709. The molecule has 1 saturated heterocycles. The first kappa shape index (κ1) is 22.0. The van der Waals surface area contributed by atoms with E-state index in [1.165, 1.54) is 29.3 Å². The third-order valence-corrected chi connectivity index (χ3v) is 6.78. The van der Waals surface area contributed by atoms with Crippen LogP contribution in [0.1, 0.15) is 15.2 Å². The molecular formula is C22H25N5O4S. The third-order valence-electron chi connectivity index (χ3n) is 5.60. The summed E-state index contributed by atoms with van der Waals surface area (Å²) < 4.78 is 6.50. The number of carbonyl (C=O) groups excluding carboxylic acids is 2. The number of aryl methyl sites for hydroxylation is 1. The summed E-state index contributed by atoms with van der Waals surface area (Å²) in [6.45, 7) is 4.53. The normalized spacial score (nSPS) is 14.5. The number of nitrogens with one attached hydrogen (secondary N) is 1. The Kier molecular flexibility index (Phi) is 6.24. The van der Waals surface area contributed by atoms with Crippen LogP contribution in [0.25, 0.3) is 10.2 Å². The Labute approximate surface area is 189 Å². The van der Waals surface area contributed by atoms with Crippen molar-refractivity contribution >= 4 is 39.1 Å². The van der Waals surface area contributed by atoms with Gasteiger partial charge in [-0.15, -0.1) is 11.3 Å². The van der Waals surface area contributed by atoms with Crippen molar-refractivity contribution in [1.82, 2.24) is 19.4 Å². The fourth-order valence-electron chi connectivity index (χ4n) is 3.72. The van der Waals surface area contributed by atoms with Crippen molar-refractivity contribution < 1.29 is 14.3 Å². The predicted octanol–water partition coefficient (Wildman–Crippen LogP) is 1.80. The van der Waals surface area contributed by atoms with Gasteiger partial charge in [0.25, 0.3) is 11.5 Å². The smallest absolute Gasteiger partial charge is 0.264 e. The number of rotatable bonds is 5. The number of anilines is 1. The predicted molar refractivity (Wildman–Crippen MR) is 124 cm³/mol. The van der Waals surface area contributed by atoms with Crippen LogP contribution < -0.4 is 15.6 Å². The van der Waals surface area contributed by atoms with Crippen molar-refractivity contribution in [2.24, 2.45) is 0 Å². The summed E-state index contributed by atoms with van der Waals surface area (Å²) >= 11 is 1.23. The first-order chi connectivity index (χ1) is 15.4. The molecule has 10 heteroatoms. The van der Waals surface area contributed by atoms with Crippen molar-refractivity contribution in [3.63, 3.8) is 0 Å². The molecule has 1 fully saturated rings. The first-order valence-electron chi connectivity index (χ1n) is 10.3. The number of carbonyl (C=O) groups is 2. The highest BCUT2D eigenvalue weighted by atomic mass is 32.1. The number of amides is 2. The van der Waals surface area contributed by atoms with Crippen LogP contribution in [0.3, 0.4) is 0 Å². The summed E-state index contributed by atoms with van der Waals surface area (Å²) in [5, 5.41) is 3.15. The maximum atomic E-state index is 13.1. The Morgan fingerprint density at radius 1 is 1.19 bits per heavy atom. The number of para-hydroxylation sites is 2. The minimum Gasteiger partial charge on any atom is -0.495 e. The van der Waals surface area contributed by atoms with Crippen LogP contribution in [0.2, 0.25) is 0 Å². The van der Waals surface area contributed by atoms with Crippen LogP contribution in [0.4, 0.5) is 5.69 Å². The van der Waals surface area contributed by atoms with E-state index in [1.54, 1.807) is 31.2 Å². The van der Waals surface area contributed by atoms with Crippen LogP contribution in [-0.4, -0.2) is 71.5 Å². The Bertz CT molecular complexity index is 1230. The summed E-state index contributed by atoms with van der Waals surface area (Å²) in [5.41, 5.74) is 0.802. The highest BCUT2D eigenvalue weighted by molar-refractivity contribution is 7.20. The van der Waals surface area contributed by atoms with Crippen LogP contribution in [-0.2, 0) is 11.3 Å². The molecule has 3 aromatic rings. The number of hydrogen-bond donors (Lipinski definition) is 1. The fraction of sp³-hybridized carbons (Fsp3) is 0.364. The number of hydrogen-bond acceptors (Lipinski definition) is 7. The standard InChI is InChI=1S/C22H25N5O4S/c1-14-18-20(32-19(14)22(30)26-10-8-25(2)9-11-26)23-13-27(21(18)29)12-17(28)24-15-6-4-5-7-16(15)31-3/h4-7,13H,8-12H2,1-3H3,(H,24,28).